The van der Waals surface area contributed by atoms with Gasteiger partial charge in [-0.1, -0.05) is 23.7 Å². The van der Waals surface area contributed by atoms with E-state index in [1.165, 1.54) is 11.9 Å². The smallest absolute Gasteiger partial charge is 0.323 e. The Balaban J connectivity index is 2.33. The maximum absolute atomic E-state index is 12.6. The molecular formula is C16H19ClN2O4. The topological polar surface area (TPSA) is 77.9 Å². The fourth-order valence-electron chi connectivity index (χ4n) is 3.01. The molecule has 23 heavy (non-hydrogen) atoms. The van der Waals surface area contributed by atoms with Gasteiger partial charge in [0.25, 0.3) is 0 Å². The van der Waals surface area contributed by atoms with E-state index in [-0.39, 0.29) is 24.8 Å². The number of halogens is 1. The highest BCUT2D eigenvalue weighted by molar-refractivity contribution is 6.30. The highest BCUT2D eigenvalue weighted by Crippen LogP contribution is 2.37. The minimum Gasteiger partial charge on any atom is -0.480 e. The maximum Gasteiger partial charge on any atom is 0.323 e. The van der Waals surface area contributed by atoms with Crippen LogP contribution >= 0.6 is 11.6 Å². The minimum atomic E-state index is -1.07. The van der Waals surface area contributed by atoms with Crippen LogP contribution in [0.2, 0.25) is 5.02 Å². The van der Waals surface area contributed by atoms with Gasteiger partial charge in [0, 0.05) is 25.5 Å². The molecule has 1 heterocycles. The molecule has 1 fully saturated rings. The molecular weight excluding hydrogens is 320 g/mol. The first-order valence-corrected chi connectivity index (χ1v) is 7.67. The molecule has 1 aromatic carbocycles. The monoisotopic (exact) mass is 338 g/mol. The molecule has 1 N–H and O–H groups in total. The van der Waals surface area contributed by atoms with Gasteiger partial charge in [0.15, 0.2) is 0 Å². The number of hydrogen-bond donors (Lipinski definition) is 1. The van der Waals surface area contributed by atoms with Crippen LogP contribution in [0, 0.1) is 5.92 Å². The number of carboxylic acid groups (broad SMARTS) is 1. The van der Waals surface area contributed by atoms with Gasteiger partial charge in [0.05, 0.1) is 12.0 Å². The summed E-state index contributed by atoms with van der Waals surface area (Å²) in [6.45, 7) is -0.366. The fraction of sp³-hybridized carbons (Fsp3) is 0.438. The number of rotatable bonds is 4. The van der Waals surface area contributed by atoms with Crippen LogP contribution < -0.4 is 0 Å². The summed E-state index contributed by atoms with van der Waals surface area (Å²) in [4.78, 5) is 38.3. The summed E-state index contributed by atoms with van der Waals surface area (Å²) >= 11 is 6.03. The SMILES string of the molecule is CN(CC(=O)O)C(=O)[C@@H]1CCC(=O)N(C)[C@@H]1c1cccc(Cl)c1. The van der Waals surface area contributed by atoms with Gasteiger partial charge in [-0.2, -0.15) is 0 Å². The van der Waals surface area contributed by atoms with Gasteiger partial charge in [-0.15, -0.1) is 0 Å². The molecule has 2 amide bonds. The zero-order chi connectivity index (χ0) is 17.1. The molecule has 1 saturated heterocycles. The quantitative estimate of drug-likeness (QED) is 0.908. The molecule has 0 unspecified atom stereocenters. The number of piperidine rings is 1. The largest absolute Gasteiger partial charge is 0.480 e. The Hall–Kier alpha value is -2.08. The van der Waals surface area contributed by atoms with Crippen molar-refractivity contribution in [3.8, 4) is 0 Å². The summed E-state index contributed by atoms with van der Waals surface area (Å²) in [5.41, 5.74) is 0.773. The first-order chi connectivity index (χ1) is 10.8. The zero-order valence-corrected chi connectivity index (χ0v) is 13.8. The van der Waals surface area contributed by atoms with E-state index >= 15 is 0 Å². The number of likely N-dealkylation sites (N-methyl/N-ethyl adjacent to an activating group) is 1. The number of aliphatic carboxylic acids is 1. The van der Waals surface area contributed by atoms with Crippen LogP contribution in [-0.2, 0) is 14.4 Å². The number of benzene rings is 1. The summed E-state index contributed by atoms with van der Waals surface area (Å²) in [6, 6.07) is 6.61. The summed E-state index contributed by atoms with van der Waals surface area (Å²) < 4.78 is 0. The van der Waals surface area contributed by atoms with Crippen molar-refractivity contribution in [2.75, 3.05) is 20.6 Å². The molecule has 1 aliphatic heterocycles. The third-order valence-electron chi connectivity index (χ3n) is 4.12. The third kappa shape index (κ3) is 3.82. The van der Waals surface area contributed by atoms with Gasteiger partial charge in [-0.3, -0.25) is 14.4 Å². The second-order valence-electron chi connectivity index (χ2n) is 5.74. The van der Waals surface area contributed by atoms with Crippen LogP contribution in [0.1, 0.15) is 24.4 Å². The van der Waals surface area contributed by atoms with E-state index in [4.69, 9.17) is 16.7 Å². The first kappa shape index (κ1) is 17.3. The van der Waals surface area contributed by atoms with E-state index in [1.54, 1.807) is 30.1 Å². The molecule has 6 nitrogen and oxygen atoms in total. The van der Waals surface area contributed by atoms with Crippen molar-refractivity contribution in [3.05, 3.63) is 34.9 Å². The zero-order valence-electron chi connectivity index (χ0n) is 13.0. The van der Waals surface area contributed by atoms with E-state index in [0.29, 0.717) is 11.4 Å². The fourth-order valence-corrected chi connectivity index (χ4v) is 3.21. The summed E-state index contributed by atoms with van der Waals surface area (Å²) in [7, 11) is 3.12. The van der Waals surface area contributed by atoms with Crippen molar-refractivity contribution in [2.24, 2.45) is 5.92 Å². The predicted octanol–water partition coefficient (Wildman–Crippen LogP) is 1.79. The molecule has 0 aromatic heterocycles. The summed E-state index contributed by atoms with van der Waals surface area (Å²) in [6.07, 6.45) is 0.661. The lowest BCUT2D eigenvalue weighted by Crippen LogP contribution is -2.47. The van der Waals surface area contributed by atoms with Crippen molar-refractivity contribution in [1.82, 2.24) is 9.80 Å². The molecule has 1 aromatic rings. The van der Waals surface area contributed by atoms with Crippen LogP contribution in [0.4, 0.5) is 0 Å². The number of carbonyl (C=O) groups excluding carboxylic acids is 2. The van der Waals surface area contributed by atoms with Crippen LogP contribution in [-0.4, -0.2) is 53.3 Å². The molecule has 0 bridgehead atoms. The van der Waals surface area contributed by atoms with E-state index in [0.717, 1.165) is 5.56 Å². The average Bonchev–Trinajstić information content (AvgIpc) is 2.48. The second-order valence-corrected chi connectivity index (χ2v) is 6.17. The molecule has 1 aliphatic rings. The minimum absolute atomic E-state index is 0.0417. The van der Waals surface area contributed by atoms with Gasteiger partial charge in [-0.25, -0.2) is 0 Å². The molecule has 7 heteroatoms. The average molecular weight is 339 g/mol. The Morgan fingerprint density at radius 1 is 1.43 bits per heavy atom. The van der Waals surface area contributed by atoms with Crippen molar-refractivity contribution >= 4 is 29.4 Å². The van der Waals surface area contributed by atoms with Gasteiger partial charge < -0.3 is 14.9 Å². The van der Waals surface area contributed by atoms with Crippen molar-refractivity contribution in [2.45, 2.75) is 18.9 Å². The summed E-state index contributed by atoms with van der Waals surface area (Å²) in [5, 5.41) is 9.40. The Labute approximate surface area is 139 Å². The lowest BCUT2D eigenvalue weighted by Gasteiger charge is -2.39. The van der Waals surface area contributed by atoms with Gasteiger partial charge in [0.1, 0.15) is 6.54 Å². The lowest BCUT2D eigenvalue weighted by molar-refractivity contribution is -0.150. The number of carbonyl (C=O) groups is 3. The normalized spacial score (nSPS) is 21.2. The highest BCUT2D eigenvalue weighted by Gasteiger charge is 2.40. The van der Waals surface area contributed by atoms with E-state index < -0.39 is 17.9 Å². The predicted molar refractivity (Wildman–Crippen MR) is 85.0 cm³/mol. The van der Waals surface area contributed by atoms with Gasteiger partial charge in [-0.05, 0) is 24.1 Å². The first-order valence-electron chi connectivity index (χ1n) is 7.29. The number of likely N-dealkylation sites (tertiary alicyclic amines) is 1. The third-order valence-corrected chi connectivity index (χ3v) is 4.35. The maximum atomic E-state index is 12.6. The molecule has 0 saturated carbocycles. The van der Waals surface area contributed by atoms with Crippen molar-refractivity contribution < 1.29 is 19.5 Å². The number of carboxylic acids is 1. The number of nitrogens with zero attached hydrogens (tertiary/aromatic N) is 2. The molecule has 0 spiro atoms. The molecule has 0 radical (unpaired) electrons. The van der Waals surface area contributed by atoms with Crippen LogP contribution in [0.25, 0.3) is 0 Å². The Morgan fingerprint density at radius 2 is 2.13 bits per heavy atom. The van der Waals surface area contributed by atoms with Crippen LogP contribution in [0.5, 0.6) is 0 Å². The second kappa shape index (κ2) is 7.00. The van der Waals surface area contributed by atoms with Crippen molar-refractivity contribution in [1.29, 1.82) is 0 Å². The molecule has 0 aliphatic carbocycles. The van der Waals surface area contributed by atoms with Gasteiger partial charge in [0.2, 0.25) is 11.8 Å². The van der Waals surface area contributed by atoms with Crippen molar-refractivity contribution in [3.63, 3.8) is 0 Å². The Kier molecular flexibility index (Phi) is 5.26. The number of amides is 2. The number of hydrogen-bond acceptors (Lipinski definition) is 3. The molecule has 2 atom stereocenters. The van der Waals surface area contributed by atoms with Crippen LogP contribution in [0.3, 0.4) is 0 Å². The van der Waals surface area contributed by atoms with E-state index in [2.05, 4.69) is 0 Å². The van der Waals surface area contributed by atoms with Gasteiger partial charge >= 0.3 is 5.97 Å². The Bertz CT molecular complexity index is 634. The summed E-state index contributed by atoms with van der Waals surface area (Å²) in [5.74, 6) is -1.88. The van der Waals surface area contributed by atoms with Crippen LogP contribution in [0.15, 0.2) is 24.3 Å². The highest BCUT2D eigenvalue weighted by atomic mass is 35.5. The van der Waals surface area contributed by atoms with E-state index in [9.17, 15) is 14.4 Å². The van der Waals surface area contributed by atoms with E-state index in [1.807, 2.05) is 6.07 Å². The molecule has 124 valence electrons. The Morgan fingerprint density at radius 3 is 2.74 bits per heavy atom. The molecule has 2 rings (SSSR count). The standard InChI is InChI=1S/C16H19ClN2O4/c1-18(9-14(21)22)16(23)12-6-7-13(20)19(2)15(12)10-4-3-5-11(17)8-10/h3-5,8,12,15H,6-7,9H2,1-2H3,(H,21,22)/t12-,15-/m1/s1. The lowest BCUT2D eigenvalue weighted by atomic mass is 9.83.